The van der Waals surface area contributed by atoms with Crippen LogP contribution in [0.15, 0.2) is 52.2 Å². The maximum atomic E-state index is 12.5. The van der Waals surface area contributed by atoms with Gasteiger partial charge in [-0.3, -0.25) is 9.36 Å². The van der Waals surface area contributed by atoms with Gasteiger partial charge < -0.3 is 10.3 Å². The molecular formula is C19H19N3O2S. The average molecular weight is 353 g/mol. The zero-order valence-electron chi connectivity index (χ0n) is 13.9. The van der Waals surface area contributed by atoms with Crippen molar-refractivity contribution in [2.45, 2.75) is 30.7 Å². The summed E-state index contributed by atoms with van der Waals surface area (Å²) in [6.45, 7) is 2.08. The lowest BCUT2D eigenvalue weighted by molar-refractivity contribution is -0.113. The van der Waals surface area contributed by atoms with Crippen LogP contribution in [0.4, 0.5) is 5.69 Å². The van der Waals surface area contributed by atoms with Gasteiger partial charge in [0.1, 0.15) is 0 Å². The van der Waals surface area contributed by atoms with E-state index in [1.807, 2.05) is 34.9 Å². The van der Waals surface area contributed by atoms with Crippen LogP contribution in [0.25, 0.3) is 11.0 Å². The first kappa shape index (κ1) is 16.0. The second-order valence-corrected chi connectivity index (χ2v) is 7.39. The lowest BCUT2D eigenvalue weighted by Crippen LogP contribution is -2.21. The number of rotatable bonds is 4. The lowest BCUT2D eigenvalue weighted by atomic mass is 10.1. The van der Waals surface area contributed by atoms with Crippen LogP contribution in [-0.4, -0.2) is 21.2 Å². The van der Waals surface area contributed by atoms with E-state index in [2.05, 4.69) is 29.4 Å². The molecule has 1 amide bonds. The van der Waals surface area contributed by atoms with Gasteiger partial charge in [0.2, 0.25) is 5.91 Å². The highest BCUT2D eigenvalue weighted by Crippen LogP contribution is 2.35. The standard InChI is InChI=1S/C19H19N3O2S/c1-12(7-8-13-5-3-2-4-6-13)22-16-10-17-15(20-18(23)11-25-17)9-14(16)21-19(22)24/h2-6,9-10,12H,7-8,11H2,1H3,(H,20,23)(H,21,24). The van der Waals surface area contributed by atoms with Crippen molar-refractivity contribution < 1.29 is 4.79 Å². The summed E-state index contributed by atoms with van der Waals surface area (Å²) >= 11 is 1.51. The van der Waals surface area contributed by atoms with E-state index in [0.717, 1.165) is 34.5 Å². The second-order valence-electron chi connectivity index (χ2n) is 6.38. The van der Waals surface area contributed by atoms with E-state index < -0.39 is 0 Å². The summed E-state index contributed by atoms with van der Waals surface area (Å²) in [5.41, 5.74) is 3.61. The monoisotopic (exact) mass is 353 g/mol. The summed E-state index contributed by atoms with van der Waals surface area (Å²) < 4.78 is 1.83. The Hall–Kier alpha value is -2.47. The number of aromatic amines is 1. The number of thioether (sulfide) groups is 1. The fraction of sp³-hybridized carbons (Fsp3) is 0.263. The van der Waals surface area contributed by atoms with Crippen molar-refractivity contribution in [3.8, 4) is 0 Å². The predicted octanol–water partition coefficient (Wildman–Crippen LogP) is 3.57. The maximum Gasteiger partial charge on any atom is 0.326 e. The molecule has 0 aliphatic carbocycles. The molecule has 0 saturated carbocycles. The molecule has 6 heteroatoms. The van der Waals surface area contributed by atoms with E-state index in [9.17, 15) is 9.59 Å². The minimum Gasteiger partial charge on any atom is -0.324 e. The third-order valence-corrected chi connectivity index (χ3v) is 5.64. The smallest absolute Gasteiger partial charge is 0.324 e. The van der Waals surface area contributed by atoms with Gasteiger partial charge in [0.05, 0.1) is 22.5 Å². The van der Waals surface area contributed by atoms with Gasteiger partial charge in [-0.1, -0.05) is 30.3 Å². The number of carbonyl (C=O) groups excluding carboxylic acids is 1. The Morgan fingerprint density at radius 1 is 1.20 bits per heavy atom. The number of aryl methyl sites for hydroxylation is 1. The molecule has 0 bridgehead atoms. The number of amides is 1. The zero-order chi connectivity index (χ0) is 17.4. The van der Waals surface area contributed by atoms with E-state index in [-0.39, 0.29) is 17.6 Å². The quantitative estimate of drug-likeness (QED) is 0.753. The molecule has 1 atom stereocenters. The van der Waals surface area contributed by atoms with Gasteiger partial charge in [-0.25, -0.2) is 4.79 Å². The maximum absolute atomic E-state index is 12.5. The van der Waals surface area contributed by atoms with Gasteiger partial charge in [0.25, 0.3) is 0 Å². The Morgan fingerprint density at radius 3 is 2.80 bits per heavy atom. The van der Waals surface area contributed by atoms with Crippen LogP contribution in [-0.2, 0) is 11.2 Å². The zero-order valence-corrected chi connectivity index (χ0v) is 14.7. The molecule has 128 valence electrons. The van der Waals surface area contributed by atoms with Crippen molar-refractivity contribution in [1.82, 2.24) is 9.55 Å². The molecule has 5 nitrogen and oxygen atoms in total. The number of anilines is 1. The van der Waals surface area contributed by atoms with E-state index in [0.29, 0.717) is 5.75 Å². The van der Waals surface area contributed by atoms with Crippen LogP contribution in [0.5, 0.6) is 0 Å². The van der Waals surface area contributed by atoms with Crippen molar-refractivity contribution in [1.29, 1.82) is 0 Å². The molecule has 2 aromatic carbocycles. The van der Waals surface area contributed by atoms with Crippen LogP contribution >= 0.6 is 11.8 Å². The number of nitrogens with one attached hydrogen (secondary N) is 2. The average Bonchev–Trinajstić information content (AvgIpc) is 2.93. The summed E-state index contributed by atoms with van der Waals surface area (Å²) in [5, 5.41) is 2.87. The molecule has 3 aromatic rings. The highest BCUT2D eigenvalue weighted by Gasteiger charge is 2.20. The highest BCUT2D eigenvalue weighted by molar-refractivity contribution is 8.00. The van der Waals surface area contributed by atoms with Crippen LogP contribution in [0, 0.1) is 0 Å². The van der Waals surface area contributed by atoms with Crippen LogP contribution < -0.4 is 11.0 Å². The molecule has 1 aromatic heterocycles. The first-order chi connectivity index (χ1) is 12.1. The third-order valence-electron chi connectivity index (χ3n) is 4.59. The number of aromatic nitrogens is 2. The third kappa shape index (κ3) is 3.09. The summed E-state index contributed by atoms with van der Waals surface area (Å²) in [4.78, 5) is 28.0. The first-order valence-electron chi connectivity index (χ1n) is 8.36. The van der Waals surface area contributed by atoms with E-state index >= 15 is 0 Å². The lowest BCUT2D eigenvalue weighted by Gasteiger charge is -2.18. The predicted molar refractivity (Wildman–Crippen MR) is 101 cm³/mol. The van der Waals surface area contributed by atoms with Gasteiger partial charge >= 0.3 is 5.69 Å². The molecule has 1 aliphatic heterocycles. The summed E-state index contributed by atoms with van der Waals surface area (Å²) in [5.74, 6) is 0.409. The largest absolute Gasteiger partial charge is 0.326 e. The Bertz CT molecular complexity index is 991. The minimum absolute atomic E-state index is 0.00476. The van der Waals surface area contributed by atoms with Crippen molar-refractivity contribution in [2.24, 2.45) is 0 Å². The number of fused-ring (bicyclic) bond motifs is 2. The number of hydrogen-bond acceptors (Lipinski definition) is 3. The molecule has 0 saturated heterocycles. The van der Waals surface area contributed by atoms with Crippen molar-refractivity contribution in [3.63, 3.8) is 0 Å². The number of carbonyl (C=O) groups is 1. The molecule has 25 heavy (non-hydrogen) atoms. The Balaban J connectivity index is 1.66. The van der Waals surface area contributed by atoms with Crippen LogP contribution in [0.3, 0.4) is 0 Å². The van der Waals surface area contributed by atoms with Crippen LogP contribution in [0.1, 0.15) is 24.9 Å². The number of imidazole rings is 1. The molecule has 1 unspecified atom stereocenters. The molecule has 0 spiro atoms. The molecule has 1 aliphatic rings. The molecule has 0 radical (unpaired) electrons. The summed E-state index contributed by atoms with van der Waals surface area (Å²) in [6.07, 6.45) is 1.81. The summed E-state index contributed by atoms with van der Waals surface area (Å²) in [7, 11) is 0. The van der Waals surface area contributed by atoms with Crippen LogP contribution in [0.2, 0.25) is 0 Å². The van der Waals surface area contributed by atoms with Crippen molar-refractivity contribution in [3.05, 3.63) is 58.5 Å². The first-order valence-corrected chi connectivity index (χ1v) is 9.35. The highest BCUT2D eigenvalue weighted by atomic mass is 32.2. The molecular weight excluding hydrogens is 334 g/mol. The van der Waals surface area contributed by atoms with Gasteiger partial charge in [0.15, 0.2) is 0 Å². The number of hydrogen-bond donors (Lipinski definition) is 2. The van der Waals surface area contributed by atoms with E-state index in [4.69, 9.17) is 0 Å². The van der Waals surface area contributed by atoms with Gasteiger partial charge in [0, 0.05) is 10.9 Å². The number of nitrogens with zero attached hydrogens (tertiary/aromatic N) is 1. The fourth-order valence-electron chi connectivity index (χ4n) is 3.29. The molecule has 2 N–H and O–H groups in total. The second kappa shape index (κ2) is 6.44. The number of H-pyrrole nitrogens is 1. The normalized spacial score (nSPS) is 15.0. The minimum atomic E-state index is -0.103. The van der Waals surface area contributed by atoms with Crippen molar-refractivity contribution >= 4 is 34.4 Å². The van der Waals surface area contributed by atoms with Gasteiger partial charge in [-0.05, 0) is 37.5 Å². The van der Waals surface area contributed by atoms with Gasteiger partial charge in [-0.15, -0.1) is 11.8 Å². The van der Waals surface area contributed by atoms with E-state index in [1.54, 1.807) is 0 Å². The molecule has 4 rings (SSSR count). The molecule has 2 heterocycles. The SMILES string of the molecule is CC(CCc1ccccc1)n1c(=O)[nH]c2cc3c(cc21)SCC(=O)N3. The number of benzene rings is 2. The molecule has 0 fully saturated rings. The van der Waals surface area contributed by atoms with Gasteiger partial charge in [-0.2, -0.15) is 0 Å². The Labute approximate surface area is 149 Å². The fourth-order valence-corrected chi connectivity index (χ4v) is 4.11. The summed E-state index contributed by atoms with van der Waals surface area (Å²) in [6, 6.07) is 14.3. The Morgan fingerprint density at radius 2 is 2.00 bits per heavy atom. The van der Waals surface area contributed by atoms with E-state index in [1.165, 1.54) is 17.3 Å². The van der Waals surface area contributed by atoms with Crippen molar-refractivity contribution in [2.75, 3.05) is 11.1 Å². The topological polar surface area (TPSA) is 66.9 Å². The Kier molecular flexibility index (Phi) is 4.13.